The van der Waals surface area contributed by atoms with E-state index in [-0.39, 0.29) is 16.9 Å². The summed E-state index contributed by atoms with van der Waals surface area (Å²) in [6.07, 6.45) is -4.70. The standard InChI is InChI=1S/C22H19F3N4O3/c1-28(2)16-9-11-18(17(13-16)22(23,24)25)27-21(30)14-8-10-19(20(12-14)29(31)32)26-15-6-4-3-5-7-15/h3-13,26H,1-2H3,(H,27,30). The molecule has 1 amide bonds. The lowest BCUT2D eigenvalue weighted by Gasteiger charge is -2.19. The quantitative estimate of drug-likeness (QED) is 0.378. The summed E-state index contributed by atoms with van der Waals surface area (Å²) in [5.74, 6) is -0.900. The second-order valence-electron chi connectivity index (χ2n) is 7.06. The SMILES string of the molecule is CN(C)c1ccc(NC(=O)c2ccc(Nc3ccccc3)c([N+](=O)[O-])c2)c(C(F)(F)F)c1. The maximum absolute atomic E-state index is 13.5. The molecule has 0 heterocycles. The van der Waals surface area contributed by atoms with Crippen LogP contribution in [0.5, 0.6) is 0 Å². The molecule has 0 spiro atoms. The zero-order valence-electron chi connectivity index (χ0n) is 17.1. The van der Waals surface area contributed by atoms with Crippen LogP contribution in [0.15, 0.2) is 66.7 Å². The molecule has 10 heteroatoms. The number of anilines is 4. The number of rotatable bonds is 6. The first-order chi connectivity index (χ1) is 15.1. The number of carbonyl (C=O) groups excluding carboxylic acids is 1. The maximum atomic E-state index is 13.5. The Bertz CT molecular complexity index is 1150. The number of hydrogen-bond acceptors (Lipinski definition) is 5. The first kappa shape index (κ1) is 22.6. The van der Waals surface area contributed by atoms with Gasteiger partial charge in [0.15, 0.2) is 0 Å². The summed E-state index contributed by atoms with van der Waals surface area (Å²) in [5.41, 5.74) is -0.952. The molecule has 0 radical (unpaired) electrons. The molecule has 0 aliphatic heterocycles. The van der Waals surface area contributed by atoms with Crippen LogP contribution in [0.4, 0.5) is 41.6 Å². The predicted molar refractivity (Wildman–Crippen MR) is 117 cm³/mol. The number of carbonyl (C=O) groups is 1. The van der Waals surface area contributed by atoms with Crippen LogP contribution >= 0.6 is 0 Å². The van der Waals surface area contributed by atoms with Crippen LogP contribution in [0.25, 0.3) is 0 Å². The van der Waals surface area contributed by atoms with Gasteiger partial charge in [-0.3, -0.25) is 14.9 Å². The first-order valence-corrected chi connectivity index (χ1v) is 9.36. The van der Waals surface area contributed by atoms with Crippen molar-refractivity contribution in [3.8, 4) is 0 Å². The van der Waals surface area contributed by atoms with Gasteiger partial charge in [-0.15, -0.1) is 0 Å². The van der Waals surface area contributed by atoms with E-state index in [2.05, 4.69) is 10.6 Å². The highest BCUT2D eigenvalue weighted by molar-refractivity contribution is 6.05. The Hall–Kier alpha value is -4.08. The van der Waals surface area contributed by atoms with Crippen molar-refractivity contribution in [3.05, 3.63) is 88.0 Å². The number of alkyl halides is 3. The van der Waals surface area contributed by atoms with Gasteiger partial charge >= 0.3 is 6.18 Å². The molecule has 32 heavy (non-hydrogen) atoms. The number of nitro groups is 1. The van der Waals surface area contributed by atoms with Crippen LogP contribution < -0.4 is 15.5 Å². The van der Waals surface area contributed by atoms with Gasteiger partial charge in [-0.05, 0) is 42.5 Å². The topological polar surface area (TPSA) is 87.5 Å². The number of nitrogens with one attached hydrogen (secondary N) is 2. The lowest BCUT2D eigenvalue weighted by Crippen LogP contribution is -2.18. The average molecular weight is 444 g/mol. The van der Waals surface area contributed by atoms with Crippen molar-refractivity contribution in [2.75, 3.05) is 29.6 Å². The van der Waals surface area contributed by atoms with Gasteiger partial charge in [0.1, 0.15) is 5.69 Å². The van der Waals surface area contributed by atoms with Crippen molar-refractivity contribution >= 4 is 34.3 Å². The van der Waals surface area contributed by atoms with Gasteiger partial charge in [0, 0.05) is 37.1 Å². The van der Waals surface area contributed by atoms with Gasteiger partial charge in [0.25, 0.3) is 11.6 Å². The molecule has 0 fully saturated rings. The van der Waals surface area contributed by atoms with Gasteiger partial charge in [-0.25, -0.2) is 0 Å². The summed E-state index contributed by atoms with van der Waals surface area (Å²) < 4.78 is 40.5. The lowest BCUT2D eigenvalue weighted by atomic mass is 10.1. The Morgan fingerprint density at radius 3 is 2.22 bits per heavy atom. The first-order valence-electron chi connectivity index (χ1n) is 9.36. The summed E-state index contributed by atoms with van der Waals surface area (Å²) in [5, 5.41) is 16.6. The van der Waals surface area contributed by atoms with Crippen molar-refractivity contribution in [3.63, 3.8) is 0 Å². The molecule has 166 valence electrons. The second-order valence-corrected chi connectivity index (χ2v) is 7.06. The van der Waals surface area contributed by atoms with Crippen molar-refractivity contribution < 1.29 is 22.9 Å². The molecular formula is C22H19F3N4O3. The van der Waals surface area contributed by atoms with Crippen LogP contribution in [0.2, 0.25) is 0 Å². The third-order valence-electron chi connectivity index (χ3n) is 4.58. The monoisotopic (exact) mass is 444 g/mol. The summed E-state index contributed by atoms with van der Waals surface area (Å²) in [6, 6.07) is 15.8. The zero-order chi connectivity index (χ0) is 23.5. The largest absolute Gasteiger partial charge is 0.418 e. The van der Waals surface area contributed by atoms with Crippen LogP contribution in [-0.4, -0.2) is 24.9 Å². The van der Waals surface area contributed by atoms with E-state index < -0.39 is 28.3 Å². The van der Waals surface area contributed by atoms with E-state index in [0.29, 0.717) is 11.4 Å². The number of amides is 1. The summed E-state index contributed by atoms with van der Waals surface area (Å²) in [7, 11) is 3.19. The number of para-hydroxylation sites is 1. The van der Waals surface area contributed by atoms with Crippen molar-refractivity contribution in [1.82, 2.24) is 0 Å². The molecule has 0 aliphatic carbocycles. The van der Waals surface area contributed by atoms with Crippen LogP contribution in [0.1, 0.15) is 15.9 Å². The Morgan fingerprint density at radius 2 is 1.62 bits per heavy atom. The fourth-order valence-electron chi connectivity index (χ4n) is 2.96. The zero-order valence-corrected chi connectivity index (χ0v) is 17.1. The van der Waals surface area contributed by atoms with E-state index >= 15 is 0 Å². The smallest absolute Gasteiger partial charge is 0.378 e. The van der Waals surface area contributed by atoms with Gasteiger partial charge in [-0.1, -0.05) is 18.2 Å². The molecule has 0 saturated heterocycles. The van der Waals surface area contributed by atoms with Gasteiger partial charge < -0.3 is 15.5 Å². The fourth-order valence-corrected chi connectivity index (χ4v) is 2.96. The molecule has 0 saturated carbocycles. The molecule has 3 rings (SSSR count). The van der Waals surface area contributed by atoms with E-state index in [4.69, 9.17) is 0 Å². The van der Waals surface area contributed by atoms with Gasteiger partial charge in [0.2, 0.25) is 0 Å². The molecule has 0 bridgehead atoms. The lowest BCUT2D eigenvalue weighted by molar-refractivity contribution is -0.383. The summed E-state index contributed by atoms with van der Waals surface area (Å²) in [4.78, 5) is 25.0. The highest BCUT2D eigenvalue weighted by atomic mass is 19.4. The van der Waals surface area contributed by atoms with E-state index in [1.165, 1.54) is 23.1 Å². The van der Waals surface area contributed by atoms with E-state index in [9.17, 15) is 28.1 Å². The maximum Gasteiger partial charge on any atom is 0.418 e. The molecule has 0 aromatic heterocycles. The molecule has 0 atom stereocenters. The molecule has 0 aliphatic rings. The Morgan fingerprint density at radius 1 is 0.969 bits per heavy atom. The predicted octanol–water partition coefficient (Wildman–Crippen LogP) is 5.68. The number of hydrogen-bond donors (Lipinski definition) is 2. The molecule has 7 nitrogen and oxygen atoms in total. The minimum atomic E-state index is -4.70. The molecule has 3 aromatic carbocycles. The number of nitro benzene ring substituents is 1. The van der Waals surface area contributed by atoms with E-state index in [1.807, 2.05) is 0 Å². The average Bonchev–Trinajstić information content (AvgIpc) is 2.73. The Kier molecular flexibility index (Phi) is 6.33. The van der Waals surface area contributed by atoms with Crippen molar-refractivity contribution in [2.45, 2.75) is 6.18 Å². The van der Waals surface area contributed by atoms with Gasteiger partial charge in [0.05, 0.1) is 16.2 Å². The van der Waals surface area contributed by atoms with Crippen LogP contribution in [-0.2, 0) is 6.18 Å². The highest BCUT2D eigenvalue weighted by Crippen LogP contribution is 2.37. The minimum absolute atomic E-state index is 0.143. The molecule has 3 aromatic rings. The third kappa shape index (κ3) is 5.15. The van der Waals surface area contributed by atoms with E-state index in [0.717, 1.165) is 18.2 Å². The minimum Gasteiger partial charge on any atom is -0.378 e. The third-order valence-corrected chi connectivity index (χ3v) is 4.58. The van der Waals surface area contributed by atoms with E-state index in [1.54, 1.807) is 44.4 Å². The molecule has 0 unspecified atom stereocenters. The molecule has 2 N–H and O–H groups in total. The van der Waals surface area contributed by atoms with Crippen molar-refractivity contribution in [1.29, 1.82) is 0 Å². The highest BCUT2D eigenvalue weighted by Gasteiger charge is 2.34. The normalized spacial score (nSPS) is 11.0. The summed E-state index contributed by atoms with van der Waals surface area (Å²) in [6.45, 7) is 0. The Balaban J connectivity index is 1.91. The molecular weight excluding hydrogens is 425 g/mol. The fraction of sp³-hybridized carbons (Fsp3) is 0.136. The second kappa shape index (κ2) is 8.96. The van der Waals surface area contributed by atoms with Crippen molar-refractivity contribution in [2.24, 2.45) is 0 Å². The summed E-state index contributed by atoms with van der Waals surface area (Å²) >= 11 is 0. The number of nitrogens with zero attached hydrogens (tertiary/aromatic N) is 2. The number of halogens is 3. The van der Waals surface area contributed by atoms with Crippen LogP contribution in [0, 0.1) is 10.1 Å². The van der Waals surface area contributed by atoms with Crippen LogP contribution in [0.3, 0.4) is 0 Å². The number of benzene rings is 3. The Labute approximate surface area is 181 Å². The van der Waals surface area contributed by atoms with Gasteiger partial charge in [-0.2, -0.15) is 13.2 Å².